The second-order valence-electron chi connectivity index (χ2n) is 3.98. The maximum atomic E-state index is 12.6. The van der Waals surface area contributed by atoms with Crippen molar-refractivity contribution in [1.82, 2.24) is 0 Å². The molecule has 0 aliphatic carbocycles. The van der Waals surface area contributed by atoms with Crippen LogP contribution in [0.25, 0.3) is 0 Å². The van der Waals surface area contributed by atoms with Crippen molar-refractivity contribution < 1.29 is 40.5 Å². The van der Waals surface area contributed by atoms with Gasteiger partial charge in [0, 0.05) is 6.42 Å². The second-order valence-corrected chi connectivity index (χ2v) is 5.38. The molecule has 0 bridgehead atoms. The Morgan fingerprint density at radius 3 is 2.21 bits per heavy atom. The van der Waals surface area contributed by atoms with Crippen molar-refractivity contribution in [3.8, 4) is 0 Å². The molecular weight excluding hydrogens is 298 g/mol. The van der Waals surface area contributed by atoms with E-state index in [-0.39, 0.29) is 6.61 Å². The van der Waals surface area contributed by atoms with Gasteiger partial charge in [-0.2, -0.15) is 22.0 Å². The zero-order valence-electron chi connectivity index (χ0n) is 10.4. The molecule has 0 aliphatic rings. The Kier molecular flexibility index (Phi) is 6.88. The summed E-state index contributed by atoms with van der Waals surface area (Å²) in [7, 11) is -4.62. The predicted molar refractivity (Wildman–Crippen MR) is 56.9 cm³/mol. The minimum atomic E-state index is -5.73. The Balaban J connectivity index is 4.38. The first kappa shape index (κ1) is 18.8. The van der Waals surface area contributed by atoms with Crippen molar-refractivity contribution in [1.29, 1.82) is 0 Å². The number of alkyl halides is 5. The first-order valence-corrected chi connectivity index (χ1v) is 7.01. The average Bonchev–Trinajstić information content (AvgIpc) is 2.13. The largest absolute Gasteiger partial charge is 0.472 e. The fraction of sp³-hybridized carbons (Fsp3) is 1.00. The minimum absolute atomic E-state index is 0.146. The van der Waals surface area contributed by atoms with E-state index in [9.17, 15) is 26.5 Å². The molecule has 0 spiro atoms. The summed E-state index contributed by atoms with van der Waals surface area (Å²) in [5.74, 6) is -4.99. The van der Waals surface area contributed by atoms with Gasteiger partial charge in [-0.15, -0.1) is 0 Å². The number of phosphoric acid groups is 1. The van der Waals surface area contributed by atoms with Crippen LogP contribution in [0.5, 0.6) is 0 Å². The Labute approximate surface area is 107 Å². The molecule has 0 radical (unpaired) electrons. The van der Waals surface area contributed by atoms with Crippen LogP contribution >= 0.6 is 7.82 Å². The van der Waals surface area contributed by atoms with Crippen LogP contribution in [-0.2, 0) is 13.6 Å². The number of hydrogen-bond acceptors (Lipinski definition) is 3. The molecule has 2 unspecified atom stereocenters. The molecule has 0 aromatic carbocycles. The van der Waals surface area contributed by atoms with Gasteiger partial charge < -0.3 is 4.89 Å². The molecule has 0 aromatic rings. The topological polar surface area (TPSA) is 55.8 Å². The summed E-state index contributed by atoms with van der Waals surface area (Å²) < 4.78 is 80.9. The molecule has 10 heteroatoms. The highest BCUT2D eigenvalue weighted by atomic mass is 31.2. The Hall–Kier alpha value is -0.240. The smallest absolute Gasteiger partial charge is 0.302 e. The van der Waals surface area contributed by atoms with Crippen molar-refractivity contribution in [3.63, 3.8) is 0 Å². The molecule has 0 heterocycles. The first-order chi connectivity index (χ1) is 8.41. The molecular formula is C9H16F5O4P. The standard InChI is InChI=1S/C9H16F5O4P/c1-3-4-5-17-19(15,16)18-7(2)6-8(10,11)9(12,13)14/h7H,3-6H2,1-2H3,(H,15,16). The monoisotopic (exact) mass is 314 g/mol. The fourth-order valence-electron chi connectivity index (χ4n) is 1.10. The van der Waals surface area contributed by atoms with Crippen molar-refractivity contribution in [2.75, 3.05) is 6.61 Å². The Bertz CT molecular complexity index is 320. The zero-order chi connectivity index (χ0) is 15.3. The van der Waals surface area contributed by atoms with Crippen LogP contribution in [-0.4, -0.2) is 29.7 Å². The van der Waals surface area contributed by atoms with E-state index in [4.69, 9.17) is 4.89 Å². The van der Waals surface area contributed by atoms with Crippen LogP contribution in [0.1, 0.15) is 33.1 Å². The van der Waals surface area contributed by atoms with Crippen molar-refractivity contribution in [3.05, 3.63) is 0 Å². The summed E-state index contributed by atoms with van der Waals surface area (Å²) in [6.07, 6.45) is -8.18. The van der Waals surface area contributed by atoms with E-state index in [2.05, 4.69) is 9.05 Å². The molecule has 0 amide bonds. The van der Waals surface area contributed by atoms with Crippen molar-refractivity contribution in [2.24, 2.45) is 0 Å². The highest BCUT2D eigenvalue weighted by Gasteiger charge is 2.58. The van der Waals surface area contributed by atoms with Gasteiger partial charge >= 0.3 is 19.9 Å². The van der Waals surface area contributed by atoms with E-state index in [1.807, 2.05) is 0 Å². The maximum Gasteiger partial charge on any atom is 0.472 e. The normalized spacial score (nSPS) is 18.1. The minimum Gasteiger partial charge on any atom is -0.302 e. The fourth-order valence-corrected chi connectivity index (χ4v) is 2.05. The molecule has 116 valence electrons. The van der Waals surface area contributed by atoms with Gasteiger partial charge in [-0.1, -0.05) is 13.3 Å². The summed E-state index contributed by atoms with van der Waals surface area (Å²) in [5.41, 5.74) is 0. The van der Waals surface area contributed by atoms with E-state index < -0.39 is 32.4 Å². The molecule has 0 rings (SSSR count). The summed E-state index contributed by atoms with van der Waals surface area (Å²) in [6, 6.07) is 0. The third kappa shape index (κ3) is 7.20. The van der Waals surface area contributed by atoms with E-state index in [1.54, 1.807) is 6.92 Å². The van der Waals surface area contributed by atoms with Crippen molar-refractivity contribution >= 4 is 7.82 Å². The quantitative estimate of drug-likeness (QED) is 0.419. The Morgan fingerprint density at radius 1 is 1.26 bits per heavy atom. The molecule has 0 saturated heterocycles. The molecule has 0 aromatic heterocycles. The van der Waals surface area contributed by atoms with Crippen LogP contribution in [0, 0.1) is 0 Å². The molecule has 0 saturated carbocycles. The van der Waals surface area contributed by atoms with E-state index in [0.29, 0.717) is 12.8 Å². The number of rotatable bonds is 8. The van der Waals surface area contributed by atoms with Gasteiger partial charge in [-0.05, 0) is 13.3 Å². The predicted octanol–water partition coefficient (Wildman–Crippen LogP) is 3.90. The van der Waals surface area contributed by atoms with Crippen LogP contribution in [0.2, 0.25) is 0 Å². The third-order valence-corrected chi connectivity index (χ3v) is 3.16. The van der Waals surface area contributed by atoms with E-state index in [0.717, 1.165) is 6.92 Å². The lowest BCUT2D eigenvalue weighted by atomic mass is 10.1. The van der Waals surface area contributed by atoms with Crippen LogP contribution in [0.3, 0.4) is 0 Å². The first-order valence-electron chi connectivity index (χ1n) is 5.51. The summed E-state index contributed by atoms with van der Waals surface area (Å²) in [6.45, 7) is 2.47. The molecule has 0 fully saturated rings. The number of hydrogen-bond donors (Lipinski definition) is 1. The Morgan fingerprint density at radius 2 is 1.79 bits per heavy atom. The van der Waals surface area contributed by atoms with Gasteiger partial charge in [-0.25, -0.2) is 4.57 Å². The lowest BCUT2D eigenvalue weighted by molar-refractivity contribution is -0.289. The number of phosphoric ester groups is 1. The van der Waals surface area contributed by atoms with Gasteiger partial charge in [0.25, 0.3) is 0 Å². The van der Waals surface area contributed by atoms with Crippen LogP contribution in [0.15, 0.2) is 0 Å². The highest BCUT2D eigenvalue weighted by molar-refractivity contribution is 7.47. The molecule has 4 nitrogen and oxygen atoms in total. The second kappa shape index (κ2) is 6.97. The SMILES string of the molecule is CCCCOP(=O)(O)OC(C)CC(F)(F)C(F)(F)F. The molecule has 19 heavy (non-hydrogen) atoms. The number of halogens is 5. The van der Waals surface area contributed by atoms with Gasteiger partial charge in [0.15, 0.2) is 0 Å². The lowest BCUT2D eigenvalue weighted by Gasteiger charge is -2.24. The average molecular weight is 314 g/mol. The molecule has 0 aliphatic heterocycles. The molecule has 2 atom stereocenters. The molecule has 1 N–H and O–H groups in total. The summed E-state index contributed by atoms with van der Waals surface area (Å²) in [4.78, 5) is 9.10. The van der Waals surface area contributed by atoms with Gasteiger partial charge in [0.1, 0.15) is 0 Å². The number of unbranched alkanes of at least 4 members (excludes halogenated alkanes) is 1. The maximum absolute atomic E-state index is 12.6. The highest BCUT2D eigenvalue weighted by Crippen LogP contribution is 2.47. The van der Waals surface area contributed by atoms with Gasteiger partial charge in [-0.3, -0.25) is 9.05 Å². The summed E-state index contributed by atoms with van der Waals surface area (Å²) in [5, 5.41) is 0. The van der Waals surface area contributed by atoms with Gasteiger partial charge in [0.2, 0.25) is 0 Å². The zero-order valence-corrected chi connectivity index (χ0v) is 11.3. The third-order valence-electron chi connectivity index (χ3n) is 2.02. The van der Waals surface area contributed by atoms with Crippen LogP contribution < -0.4 is 0 Å². The van der Waals surface area contributed by atoms with E-state index in [1.165, 1.54) is 0 Å². The van der Waals surface area contributed by atoms with Crippen LogP contribution in [0.4, 0.5) is 22.0 Å². The van der Waals surface area contributed by atoms with Crippen molar-refractivity contribution in [2.45, 2.75) is 51.3 Å². The lowest BCUT2D eigenvalue weighted by Crippen LogP contribution is -2.39. The van der Waals surface area contributed by atoms with E-state index >= 15 is 0 Å². The summed E-state index contributed by atoms with van der Waals surface area (Å²) >= 11 is 0. The van der Waals surface area contributed by atoms with Gasteiger partial charge in [0.05, 0.1) is 12.7 Å².